The van der Waals surface area contributed by atoms with Crippen LogP contribution in [0.3, 0.4) is 0 Å². The Labute approximate surface area is 200 Å². The van der Waals surface area contributed by atoms with Gasteiger partial charge in [-0.1, -0.05) is 84.9 Å². The molecule has 5 nitrogen and oxygen atoms in total. The van der Waals surface area contributed by atoms with E-state index in [9.17, 15) is 13.2 Å². The molecule has 34 heavy (non-hydrogen) atoms. The van der Waals surface area contributed by atoms with E-state index in [1.165, 1.54) is 12.1 Å². The average molecular weight is 471 g/mol. The molecule has 0 aliphatic heterocycles. The minimum atomic E-state index is -3.77. The third-order valence-electron chi connectivity index (χ3n) is 5.58. The first-order valence-corrected chi connectivity index (χ1v) is 12.5. The number of sulfonamides is 1. The fraction of sp³-hybridized carbons (Fsp3) is 0.107. The molecule has 0 radical (unpaired) electrons. The van der Waals surface area contributed by atoms with E-state index < -0.39 is 10.0 Å². The number of nitrogens with zero attached hydrogens (tertiary/aromatic N) is 1. The summed E-state index contributed by atoms with van der Waals surface area (Å²) in [7, 11) is -3.77. The molecule has 0 fully saturated rings. The van der Waals surface area contributed by atoms with Crippen molar-refractivity contribution in [2.45, 2.75) is 24.9 Å². The van der Waals surface area contributed by atoms with Gasteiger partial charge in [0.1, 0.15) is 0 Å². The monoisotopic (exact) mass is 470 g/mol. The van der Waals surface area contributed by atoms with Gasteiger partial charge in [0.15, 0.2) is 0 Å². The molecule has 0 atom stereocenters. The highest BCUT2D eigenvalue weighted by molar-refractivity contribution is 7.92. The minimum Gasteiger partial charge on any atom is -0.330 e. The van der Waals surface area contributed by atoms with Crippen LogP contribution in [-0.2, 0) is 23.1 Å². The quantitative estimate of drug-likeness (QED) is 0.362. The van der Waals surface area contributed by atoms with E-state index in [4.69, 9.17) is 0 Å². The topological polar surface area (TPSA) is 66.5 Å². The van der Waals surface area contributed by atoms with Crippen LogP contribution in [-0.4, -0.2) is 19.2 Å². The summed E-state index contributed by atoms with van der Waals surface area (Å²) in [5.41, 5.74) is 3.46. The number of nitrogens with one attached hydrogen (secondary N) is 1. The number of hydrogen-bond donors (Lipinski definition) is 1. The van der Waals surface area contributed by atoms with Gasteiger partial charge < -0.3 is 4.90 Å². The number of hydrogen-bond acceptors (Lipinski definition) is 3. The van der Waals surface area contributed by atoms with Crippen LogP contribution in [0.1, 0.15) is 27.0 Å². The summed E-state index contributed by atoms with van der Waals surface area (Å²) in [4.78, 5) is 15.7. The lowest BCUT2D eigenvalue weighted by molar-refractivity contribution is 0.0729. The summed E-state index contributed by atoms with van der Waals surface area (Å²) in [5.74, 6) is -0.161. The van der Waals surface area contributed by atoms with Crippen LogP contribution >= 0.6 is 0 Å². The molecule has 4 rings (SSSR count). The number of carbonyl (C=O) groups excluding carboxylic acids is 1. The molecule has 4 aromatic rings. The predicted molar refractivity (Wildman–Crippen MR) is 135 cm³/mol. The molecule has 0 spiro atoms. The van der Waals surface area contributed by atoms with Crippen molar-refractivity contribution in [2.24, 2.45) is 0 Å². The Bertz CT molecular complexity index is 1320. The molecule has 4 aromatic carbocycles. The second kappa shape index (κ2) is 10.4. The van der Waals surface area contributed by atoms with Crippen molar-refractivity contribution in [1.82, 2.24) is 4.90 Å². The third-order valence-corrected chi connectivity index (χ3v) is 6.96. The lowest BCUT2D eigenvalue weighted by atomic mass is 10.0. The highest BCUT2D eigenvalue weighted by atomic mass is 32.2. The Morgan fingerprint density at radius 1 is 0.706 bits per heavy atom. The smallest absolute Gasteiger partial charge is 0.261 e. The molecular weight excluding hydrogens is 444 g/mol. The normalized spacial score (nSPS) is 11.1. The maximum absolute atomic E-state index is 13.7. The lowest BCUT2D eigenvalue weighted by Gasteiger charge is -2.25. The second-order valence-electron chi connectivity index (χ2n) is 8.03. The average Bonchev–Trinajstić information content (AvgIpc) is 2.86. The summed E-state index contributed by atoms with van der Waals surface area (Å²) in [5, 5.41) is 0. The SMILES string of the molecule is Cc1c(NS(=O)(=O)c2ccccc2)cccc1C(=O)N(Cc1ccccc1)Cc1ccccc1. The van der Waals surface area contributed by atoms with E-state index in [0.29, 0.717) is 29.9 Å². The Morgan fingerprint density at radius 2 is 1.21 bits per heavy atom. The zero-order chi connectivity index (χ0) is 24.0. The Kier molecular flexibility index (Phi) is 7.09. The summed E-state index contributed by atoms with van der Waals surface area (Å²) >= 11 is 0. The fourth-order valence-electron chi connectivity index (χ4n) is 3.76. The third kappa shape index (κ3) is 5.53. The number of benzene rings is 4. The van der Waals surface area contributed by atoms with E-state index in [1.807, 2.05) is 60.7 Å². The van der Waals surface area contributed by atoms with Gasteiger partial charge in [0.2, 0.25) is 0 Å². The van der Waals surface area contributed by atoms with Gasteiger partial charge in [0.25, 0.3) is 15.9 Å². The molecule has 6 heteroatoms. The lowest BCUT2D eigenvalue weighted by Crippen LogP contribution is -2.31. The Balaban J connectivity index is 1.65. The summed E-state index contributed by atoms with van der Waals surface area (Å²) < 4.78 is 28.3. The molecule has 0 aliphatic rings. The summed E-state index contributed by atoms with van der Waals surface area (Å²) in [6.45, 7) is 2.64. The predicted octanol–water partition coefficient (Wildman–Crippen LogP) is 5.64. The van der Waals surface area contributed by atoms with Crippen LogP contribution < -0.4 is 4.72 Å². The van der Waals surface area contributed by atoms with Gasteiger partial charge in [-0.2, -0.15) is 0 Å². The zero-order valence-corrected chi connectivity index (χ0v) is 19.7. The molecule has 172 valence electrons. The highest BCUT2D eigenvalue weighted by Crippen LogP contribution is 2.25. The molecule has 0 unspecified atom stereocenters. The van der Waals surface area contributed by atoms with Gasteiger partial charge in [-0.15, -0.1) is 0 Å². The van der Waals surface area contributed by atoms with E-state index in [0.717, 1.165) is 11.1 Å². The van der Waals surface area contributed by atoms with Gasteiger partial charge in [-0.3, -0.25) is 9.52 Å². The molecule has 0 aromatic heterocycles. The molecule has 0 bridgehead atoms. The van der Waals surface area contributed by atoms with Gasteiger partial charge in [0, 0.05) is 18.7 Å². The van der Waals surface area contributed by atoms with E-state index in [1.54, 1.807) is 48.2 Å². The van der Waals surface area contributed by atoms with Crippen LogP contribution in [0.25, 0.3) is 0 Å². The minimum absolute atomic E-state index is 0.161. The van der Waals surface area contributed by atoms with Crippen LogP contribution in [0.2, 0.25) is 0 Å². The van der Waals surface area contributed by atoms with Crippen molar-refractivity contribution in [2.75, 3.05) is 4.72 Å². The van der Waals surface area contributed by atoms with E-state index >= 15 is 0 Å². The first-order chi connectivity index (χ1) is 16.4. The fourth-order valence-corrected chi connectivity index (χ4v) is 4.90. The number of carbonyl (C=O) groups is 1. The standard InChI is InChI=1S/C28H26N2O3S/c1-22-26(18-11-19-27(22)29-34(32,33)25-16-9-4-10-17-25)28(31)30(20-23-12-5-2-6-13-23)21-24-14-7-3-8-15-24/h2-19,29H,20-21H2,1H3. The molecule has 0 heterocycles. The van der Waals surface area contributed by atoms with Crippen LogP contribution in [0.15, 0.2) is 114 Å². The van der Waals surface area contributed by atoms with Crippen LogP contribution in [0, 0.1) is 6.92 Å². The molecule has 0 saturated heterocycles. The number of anilines is 1. The van der Waals surface area contributed by atoms with Gasteiger partial charge in [0.05, 0.1) is 10.6 Å². The molecule has 0 aliphatic carbocycles. The van der Waals surface area contributed by atoms with Crippen molar-refractivity contribution < 1.29 is 13.2 Å². The van der Waals surface area contributed by atoms with Crippen LogP contribution in [0.4, 0.5) is 5.69 Å². The van der Waals surface area contributed by atoms with Crippen molar-refractivity contribution in [1.29, 1.82) is 0 Å². The summed E-state index contributed by atoms with van der Waals surface area (Å²) in [6.07, 6.45) is 0. The van der Waals surface area contributed by atoms with Gasteiger partial charge in [-0.05, 0) is 47.9 Å². The summed E-state index contributed by atoms with van der Waals surface area (Å²) in [6, 6.07) is 32.9. The first-order valence-electron chi connectivity index (χ1n) is 11.0. The largest absolute Gasteiger partial charge is 0.330 e. The van der Waals surface area contributed by atoms with Crippen molar-refractivity contribution in [3.05, 3.63) is 131 Å². The van der Waals surface area contributed by atoms with Gasteiger partial charge in [-0.25, -0.2) is 8.42 Å². The maximum atomic E-state index is 13.7. The van der Waals surface area contributed by atoms with Gasteiger partial charge >= 0.3 is 0 Å². The zero-order valence-electron chi connectivity index (χ0n) is 18.9. The molecular formula is C28H26N2O3S. The Morgan fingerprint density at radius 3 is 1.74 bits per heavy atom. The second-order valence-corrected chi connectivity index (χ2v) is 9.71. The molecule has 0 saturated carbocycles. The van der Waals surface area contributed by atoms with Crippen molar-refractivity contribution in [3.63, 3.8) is 0 Å². The number of rotatable bonds is 8. The van der Waals surface area contributed by atoms with Crippen LogP contribution in [0.5, 0.6) is 0 Å². The maximum Gasteiger partial charge on any atom is 0.261 e. The highest BCUT2D eigenvalue weighted by Gasteiger charge is 2.22. The Hall–Kier alpha value is -3.90. The van der Waals surface area contributed by atoms with Crippen molar-refractivity contribution >= 4 is 21.6 Å². The molecule has 1 amide bonds. The first kappa shape index (κ1) is 23.3. The molecule has 1 N–H and O–H groups in total. The van der Waals surface area contributed by atoms with Crippen molar-refractivity contribution in [3.8, 4) is 0 Å². The van der Waals surface area contributed by atoms with E-state index in [2.05, 4.69) is 4.72 Å². The number of amides is 1. The van der Waals surface area contributed by atoms with E-state index in [-0.39, 0.29) is 10.8 Å².